The molecule has 12 heavy (non-hydrogen) atoms. The van der Waals surface area contributed by atoms with Crippen LogP contribution in [0.4, 0.5) is 0 Å². The third kappa shape index (κ3) is 3.75. The fourth-order valence-electron chi connectivity index (χ4n) is 0.537. The monoisotopic (exact) mass is 191 g/mol. The lowest BCUT2D eigenvalue weighted by atomic mass is 10.2. The summed E-state index contributed by atoms with van der Waals surface area (Å²) in [5.74, 6) is -0.272. The molecule has 4 nitrogen and oxygen atoms in total. The van der Waals surface area contributed by atoms with Crippen LogP contribution in [0.15, 0.2) is 12.8 Å². The predicted molar refractivity (Wildman–Crippen MR) is 48.4 cm³/mol. The van der Waals surface area contributed by atoms with Crippen molar-refractivity contribution in [2.45, 2.75) is 12.1 Å². The molecule has 0 saturated heterocycles. The lowest BCUT2D eigenvalue weighted by Crippen LogP contribution is -2.48. The molecular formula is C7H13NO3S. The predicted octanol–water partition coefficient (Wildman–Crippen LogP) is 0.0735. The van der Waals surface area contributed by atoms with Crippen LogP contribution in [0.25, 0.3) is 0 Å². The molecule has 1 atom stereocenters. The SMILES string of the molecule is C=COC(=O)[C@](N)(O)CCSC. The maximum atomic E-state index is 10.9. The van der Waals surface area contributed by atoms with Gasteiger partial charge in [-0.05, 0) is 12.0 Å². The lowest BCUT2D eigenvalue weighted by molar-refractivity contribution is -0.159. The van der Waals surface area contributed by atoms with E-state index in [1.807, 2.05) is 6.26 Å². The number of hydrogen-bond acceptors (Lipinski definition) is 5. The molecule has 0 heterocycles. The normalized spacial score (nSPS) is 14.9. The zero-order chi connectivity index (χ0) is 9.61. The van der Waals surface area contributed by atoms with Gasteiger partial charge in [-0.15, -0.1) is 0 Å². The lowest BCUT2D eigenvalue weighted by Gasteiger charge is -2.18. The molecule has 0 rings (SSSR count). The van der Waals surface area contributed by atoms with Crippen molar-refractivity contribution in [2.75, 3.05) is 12.0 Å². The molecule has 0 radical (unpaired) electrons. The third-order valence-electron chi connectivity index (χ3n) is 1.23. The van der Waals surface area contributed by atoms with Gasteiger partial charge in [-0.2, -0.15) is 11.8 Å². The number of carbonyl (C=O) groups excluding carboxylic acids is 1. The van der Waals surface area contributed by atoms with Crippen molar-refractivity contribution in [3.05, 3.63) is 12.8 Å². The number of rotatable bonds is 5. The quantitative estimate of drug-likeness (QED) is 0.365. The van der Waals surface area contributed by atoms with E-state index in [4.69, 9.17) is 5.73 Å². The highest BCUT2D eigenvalue weighted by atomic mass is 32.2. The molecule has 0 saturated carbocycles. The zero-order valence-electron chi connectivity index (χ0n) is 6.95. The number of aliphatic hydroxyl groups is 1. The van der Waals surface area contributed by atoms with Crippen LogP contribution in [0.2, 0.25) is 0 Å². The van der Waals surface area contributed by atoms with Crippen LogP contribution >= 0.6 is 11.8 Å². The zero-order valence-corrected chi connectivity index (χ0v) is 7.76. The van der Waals surface area contributed by atoms with Gasteiger partial charge >= 0.3 is 5.97 Å². The molecule has 0 fully saturated rings. The molecule has 0 aromatic heterocycles. The summed E-state index contributed by atoms with van der Waals surface area (Å²) in [6.07, 6.45) is 2.97. The fraction of sp³-hybridized carbons (Fsp3) is 0.571. The van der Waals surface area contributed by atoms with Crippen molar-refractivity contribution in [3.8, 4) is 0 Å². The Balaban J connectivity index is 3.99. The maximum absolute atomic E-state index is 10.9. The molecule has 0 unspecified atom stereocenters. The Bertz CT molecular complexity index is 170. The van der Waals surface area contributed by atoms with Crippen molar-refractivity contribution >= 4 is 17.7 Å². The molecule has 0 amide bonds. The minimum atomic E-state index is -1.89. The van der Waals surface area contributed by atoms with Crippen molar-refractivity contribution in [3.63, 3.8) is 0 Å². The average molecular weight is 191 g/mol. The number of carbonyl (C=O) groups is 1. The van der Waals surface area contributed by atoms with E-state index in [1.165, 1.54) is 11.8 Å². The molecular weight excluding hydrogens is 178 g/mol. The summed E-state index contributed by atoms with van der Waals surface area (Å²) >= 11 is 1.49. The van der Waals surface area contributed by atoms with Crippen molar-refractivity contribution in [1.82, 2.24) is 0 Å². The van der Waals surface area contributed by atoms with Crippen LogP contribution in [0.1, 0.15) is 6.42 Å². The topological polar surface area (TPSA) is 72.5 Å². The Morgan fingerprint density at radius 2 is 2.50 bits per heavy atom. The molecule has 70 valence electrons. The maximum Gasteiger partial charge on any atom is 0.358 e. The summed E-state index contributed by atoms with van der Waals surface area (Å²) in [5.41, 5.74) is 3.36. The van der Waals surface area contributed by atoms with Gasteiger partial charge in [0.2, 0.25) is 5.72 Å². The van der Waals surface area contributed by atoms with Gasteiger partial charge < -0.3 is 9.84 Å². The number of hydrogen-bond donors (Lipinski definition) is 2. The molecule has 0 aliphatic heterocycles. The standard InChI is InChI=1S/C7H13NO3S/c1-3-11-6(9)7(8,10)4-5-12-2/h3,10H,1,4-5,8H2,2H3/t7-/m1/s1. The average Bonchev–Trinajstić information content (AvgIpc) is 2.01. The highest BCUT2D eigenvalue weighted by molar-refractivity contribution is 7.98. The minimum Gasteiger partial charge on any atom is -0.432 e. The first-order valence-electron chi connectivity index (χ1n) is 3.36. The van der Waals surface area contributed by atoms with Gasteiger partial charge in [0.25, 0.3) is 0 Å². The van der Waals surface area contributed by atoms with Gasteiger partial charge in [-0.1, -0.05) is 6.58 Å². The second-order valence-electron chi connectivity index (χ2n) is 2.24. The van der Waals surface area contributed by atoms with Crippen molar-refractivity contribution in [1.29, 1.82) is 0 Å². The summed E-state index contributed by atoms with van der Waals surface area (Å²) in [7, 11) is 0. The Morgan fingerprint density at radius 1 is 1.92 bits per heavy atom. The smallest absolute Gasteiger partial charge is 0.358 e. The van der Waals surface area contributed by atoms with E-state index < -0.39 is 11.7 Å². The van der Waals surface area contributed by atoms with E-state index >= 15 is 0 Å². The molecule has 0 aliphatic rings. The Labute approximate surface area is 75.8 Å². The van der Waals surface area contributed by atoms with Crippen LogP contribution in [-0.4, -0.2) is 28.8 Å². The summed E-state index contributed by atoms with van der Waals surface area (Å²) < 4.78 is 4.34. The van der Waals surface area contributed by atoms with Crippen LogP contribution < -0.4 is 5.73 Å². The number of ether oxygens (including phenoxy) is 1. The first-order chi connectivity index (χ1) is 5.54. The third-order valence-corrected chi connectivity index (χ3v) is 1.84. The second-order valence-corrected chi connectivity index (χ2v) is 3.22. The van der Waals surface area contributed by atoms with Crippen LogP contribution in [-0.2, 0) is 9.53 Å². The van der Waals surface area contributed by atoms with E-state index in [0.29, 0.717) is 5.75 Å². The van der Waals surface area contributed by atoms with Gasteiger partial charge in [-0.3, -0.25) is 5.73 Å². The first kappa shape index (κ1) is 11.5. The van der Waals surface area contributed by atoms with E-state index in [2.05, 4.69) is 11.3 Å². The Morgan fingerprint density at radius 3 is 2.92 bits per heavy atom. The Kier molecular flexibility index (Phi) is 4.96. The van der Waals surface area contributed by atoms with Gasteiger partial charge in [-0.25, -0.2) is 4.79 Å². The second kappa shape index (κ2) is 5.18. The molecule has 0 aromatic carbocycles. The molecule has 0 spiro atoms. The van der Waals surface area contributed by atoms with E-state index in [9.17, 15) is 9.90 Å². The van der Waals surface area contributed by atoms with Crippen molar-refractivity contribution < 1.29 is 14.6 Å². The fourth-order valence-corrected chi connectivity index (χ4v) is 1.05. The molecule has 0 aliphatic carbocycles. The molecule has 5 heteroatoms. The highest BCUT2D eigenvalue weighted by Crippen LogP contribution is 2.09. The number of thioether (sulfide) groups is 1. The van der Waals surface area contributed by atoms with Crippen LogP contribution in [0, 0.1) is 0 Å². The Hall–Kier alpha value is -0.520. The van der Waals surface area contributed by atoms with Gasteiger partial charge in [0.1, 0.15) is 0 Å². The minimum absolute atomic E-state index is 0.168. The van der Waals surface area contributed by atoms with Crippen molar-refractivity contribution in [2.24, 2.45) is 5.73 Å². The first-order valence-corrected chi connectivity index (χ1v) is 4.76. The number of esters is 1. The van der Waals surface area contributed by atoms with Crippen LogP contribution in [0.5, 0.6) is 0 Å². The van der Waals surface area contributed by atoms with E-state index in [-0.39, 0.29) is 6.42 Å². The summed E-state index contributed by atoms with van der Waals surface area (Å²) in [5, 5.41) is 9.29. The number of nitrogens with two attached hydrogens (primary N) is 1. The van der Waals surface area contributed by atoms with E-state index in [0.717, 1.165) is 6.26 Å². The van der Waals surface area contributed by atoms with Crippen LogP contribution in [0.3, 0.4) is 0 Å². The molecule has 0 aromatic rings. The molecule has 0 bridgehead atoms. The largest absolute Gasteiger partial charge is 0.432 e. The molecule has 3 N–H and O–H groups in total. The van der Waals surface area contributed by atoms with Gasteiger partial charge in [0.15, 0.2) is 0 Å². The van der Waals surface area contributed by atoms with Gasteiger partial charge in [0.05, 0.1) is 6.26 Å². The van der Waals surface area contributed by atoms with E-state index in [1.54, 1.807) is 0 Å². The van der Waals surface area contributed by atoms with Gasteiger partial charge in [0, 0.05) is 6.42 Å². The summed E-state index contributed by atoms with van der Waals surface area (Å²) in [4.78, 5) is 10.9. The summed E-state index contributed by atoms with van der Waals surface area (Å²) in [6, 6.07) is 0. The highest BCUT2D eigenvalue weighted by Gasteiger charge is 2.31. The summed E-state index contributed by atoms with van der Waals surface area (Å²) in [6.45, 7) is 3.18.